The smallest absolute Gasteiger partial charge is 0.130 e. The predicted molar refractivity (Wildman–Crippen MR) is 88.7 cm³/mol. The molecule has 1 fully saturated rings. The second kappa shape index (κ2) is 8.91. The molecule has 2 rings (SSSR count). The number of pyridine rings is 1. The van der Waals surface area contributed by atoms with Crippen molar-refractivity contribution in [2.75, 3.05) is 19.6 Å². The Bertz CT molecular complexity index is 392. The van der Waals surface area contributed by atoms with E-state index >= 15 is 0 Å². The van der Waals surface area contributed by atoms with E-state index in [0.717, 1.165) is 5.03 Å². The first-order valence-corrected chi connectivity index (χ1v) is 9.05. The van der Waals surface area contributed by atoms with E-state index in [1.54, 1.807) is 0 Å². The minimum absolute atomic E-state index is 0.600. The first kappa shape index (κ1) is 16.1. The Morgan fingerprint density at radius 3 is 2.75 bits per heavy atom. The summed E-state index contributed by atoms with van der Waals surface area (Å²) in [5.41, 5.74) is 0. The Kier molecular flexibility index (Phi) is 7.18. The van der Waals surface area contributed by atoms with Crippen LogP contribution >= 0.6 is 23.4 Å². The standard InChI is InChI=1S/C16H25ClN2S/c1-2-3-4-5-11-19-12-9-14(10-13-19)20-16-8-6-7-15(17)18-16/h6-8,14H,2-5,9-13H2,1H3. The average Bonchev–Trinajstić information content (AvgIpc) is 2.45. The van der Waals surface area contributed by atoms with Gasteiger partial charge in [-0.3, -0.25) is 0 Å². The number of halogens is 1. The van der Waals surface area contributed by atoms with E-state index in [0.29, 0.717) is 10.4 Å². The molecule has 0 aliphatic carbocycles. The Morgan fingerprint density at radius 2 is 2.05 bits per heavy atom. The molecule has 4 heteroatoms. The predicted octanol–water partition coefficient (Wildman–Crippen LogP) is 4.87. The topological polar surface area (TPSA) is 16.1 Å². The number of nitrogens with zero attached hydrogens (tertiary/aromatic N) is 2. The van der Waals surface area contributed by atoms with Crippen LogP contribution in [0.25, 0.3) is 0 Å². The molecule has 0 atom stereocenters. The van der Waals surface area contributed by atoms with Gasteiger partial charge in [0, 0.05) is 5.25 Å². The van der Waals surface area contributed by atoms with Gasteiger partial charge in [0.2, 0.25) is 0 Å². The molecule has 1 aromatic rings. The molecule has 0 amide bonds. The molecule has 20 heavy (non-hydrogen) atoms. The molecule has 1 saturated heterocycles. The Labute approximate surface area is 132 Å². The third kappa shape index (κ3) is 5.63. The number of piperidine rings is 1. The average molecular weight is 313 g/mol. The molecule has 112 valence electrons. The molecule has 0 spiro atoms. The maximum atomic E-state index is 5.94. The number of hydrogen-bond acceptors (Lipinski definition) is 3. The second-order valence-electron chi connectivity index (χ2n) is 5.52. The van der Waals surface area contributed by atoms with Crippen molar-refractivity contribution >= 4 is 23.4 Å². The van der Waals surface area contributed by atoms with Crippen molar-refractivity contribution in [3.8, 4) is 0 Å². The monoisotopic (exact) mass is 312 g/mol. The summed E-state index contributed by atoms with van der Waals surface area (Å²) < 4.78 is 0. The van der Waals surface area contributed by atoms with Gasteiger partial charge in [0.25, 0.3) is 0 Å². The zero-order valence-corrected chi connectivity index (χ0v) is 13.9. The van der Waals surface area contributed by atoms with Crippen LogP contribution in [0.3, 0.4) is 0 Å². The van der Waals surface area contributed by atoms with Crippen molar-refractivity contribution in [2.45, 2.75) is 55.7 Å². The molecule has 1 aromatic heterocycles. The van der Waals surface area contributed by atoms with Crippen molar-refractivity contribution in [3.63, 3.8) is 0 Å². The maximum absolute atomic E-state index is 5.94. The van der Waals surface area contributed by atoms with Crippen LogP contribution in [0.15, 0.2) is 23.2 Å². The van der Waals surface area contributed by atoms with Gasteiger partial charge in [-0.2, -0.15) is 0 Å². The van der Waals surface area contributed by atoms with Crippen molar-refractivity contribution in [3.05, 3.63) is 23.4 Å². The lowest BCUT2D eigenvalue weighted by molar-refractivity contribution is 0.228. The Morgan fingerprint density at radius 1 is 1.25 bits per heavy atom. The molecule has 0 aromatic carbocycles. The number of hydrogen-bond donors (Lipinski definition) is 0. The quantitative estimate of drug-likeness (QED) is 0.528. The lowest BCUT2D eigenvalue weighted by Gasteiger charge is -2.31. The molecule has 2 nitrogen and oxygen atoms in total. The zero-order chi connectivity index (χ0) is 14.2. The van der Waals surface area contributed by atoms with Crippen LogP contribution in [-0.2, 0) is 0 Å². The summed E-state index contributed by atoms with van der Waals surface area (Å²) in [7, 11) is 0. The molecule has 2 heterocycles. The van der Waals surface area contributed by atoms with Crippen LogP contribution in [0.2, 0.25) is 5.15 Å². The van der Waals surface area contributed by atoms with Crippen LogP contribution in [-0.4, -0.2) is 34.8 Å². The highest BCUT2D eigenvalue weighted by atomic mass is 35.5. The van der Waals surface area contributed by atoms with E-state index in [1.165, 1.54) is 58.2 Å². The highest BCUT2D eigenvalue weighted by Crippen LogP contribution is 2.29. The molecule has 0 unspecified atom stereocenters. The Hall–Kier alpha value is -0.250. The highest BCUT2D eigenvalue weighted by molar-refractivity contribution is 7.99. The van der Waals surface area contributed by atoms with Gasteiger partial charge < -0.3 is 4.90 Å². The molecule has 0 N–H and O–H groups in total. The van der Waals surface area contributed by atoms with Gasteiger partial charge in [-0.1, -0.05) is 43.9 Å². The number of aromatic nitrogens is 1. The molecule has 1 aliphatic rings. The fourth-order valence-corrected chi connectivity index (χ4v) is 3.95. The van der Waals surface area contributed by atoms with Gasteiger partial charge in [0.15, 0.2) is 0 Å². The third-order valence-corrected chi connectivity index (χ3v) is 5.32. The van der Waals surface area contributed by atoms with Crippen molar-refractivity contribution in [1.29, 1.82) is 0 Å². The second-order valence-corrected chi connectivity index (χ2v) is 7.23. The third-order valence-electron chi connectivity index (χ3n) is 3.84. The van der Waals surface area contributed by atoms with E-state index < -0.39 is 0 Å². The fourth-order valence-electron chi connectivity index (χ4n) is 2.64. The maximum Gasteiger partial charge on any atom is 0.130 e. The molecular formula is C16H25ClN2S. The Balaban J connectivity index is 1.66. The first-order valence-electron chi connectivity index (χ1n) is 7.79. The van der Waals surface area contributed by atoms with E-state index in [2.05, 4.69) is 22.9 Å². The van der Waals surface area contributed by atoms with Crippen LogP contribution in [0.5, 0.6) is 0 Å². The van der Waals surface area contributed by atoms with Gasteiger partial charge in [0.1, 0.15) is 5.15 Å². The van der Waals surface area contributed by atoms with Gasteiger partial charge in [-0.25, -0.2) is 4.98 Å². The van der Waals surface area contributed by atoms with E-state index in [-0.39, 0.29) is 0 Å². The van der Waals surface area contributed by atoms with Gasteiger partial charge in [0.05, 0.1) is 5.03 Å². The highest BCUT2D eigenvalue weighted by Gasteiger charge is 2.20. The van der Waals surface area contributed by atoms with Crippen LogP contribution in [0.1, 0.15) is 45.4 Å². The van der Waals surface area contributed by atoms with Gasteiger partial charge in [-0.15, -0.1) is 11.8 Å². The molecule has 0 saturated carbocycles. The van der Waals surface area contributed by atoms with Crippen molar-refractivity contribution < 1.29 is 0 Å². The van der Waals surface area contributed by atoms with E-state index in [1.807, 2.05) is 23.9 Å². The summed E-state index contributed by atoms with van der Waals surface area (Å²) in [5, 5.41) is 2.37. The molecule has 0 radical (unpaired) electrons. The summed E-state index contributed by atoms with van der Waals surface area (Å²) >= 11 is 7.83. The van der Waals surface area contributed by atoms with Crippen LogP contribution in [0, 0.1) is 0 Å². The lowest BCUT2D eigenvalue weighted by Crippen LogP contribution is -2.35. The zero-order valence-electron chi connectivity index (χ0n) is 12.4. The lowest BCUT2D eigenvalue weighted by atomic mass is 10.1. The first-order chi connectivity index (χ1) is 9.78. The largest absolute Gasteiger partial charge is 0.303 e. The summed E-state index contributed by atoms with van der Waals surface area (Å²) in [6.07, 6.45) is 8.00. The number of rotatable bonds is 7. The van der Waals surface area contributed by atoms with Gasteiger partial charge in [-0.05, 0) is 51.0 Å². The van der Waals surface area contributed by atoms with Crippen LogP contribution < -0.4 is 0 Å². The molecule has 0 bridgehead atoms. The minimum Gasteiger partial charge on any atom is -0.303 e. The normalized spacial score (nSPS) is 17.5. The van der Waals surface area contributed by atoms with E-state index in [9.17, 15) is 0 Å². The summed E-state index contributed by atoms with van der Waals surface area (Å²) in [6, 6.07) is 5.89. The van der Waals surface area contributed by atoms with Crippen molar-refractivity contribution in [2.24, 2.45) is 0 Å². The summed E-state index contributed by atoms with van der Waals surface area (Å²) in [5.74, 6) is 0. The fraction of sp³-hybridized carbons (Fsp3) is 0.688. The SMILES string of the molecule is CCCCCCN1CCC(Sc2cccc(Cl)n2)CC1. The summed E-state index contributed by atoms with van der Waals surface area (Å²) in [4.78, 5) is 6.99. The number of unbranched alkanes of at least 4 members (excludes halogenated alkanes) is 3. The van der Waals surface area contributed by atoms with Crippen LogP contribution in [0.4, 0.5) is 0 Å². The van der Waals surface area contributed by atoms with E-state index in [4.69, 9.17) is 11.6 Å². The van der Waals surface area contributed by atoms with Crippen molar-refractivity contribution in [1.82, 2.24) is 9.88 Å². The minimum atomic E-state index is 0.600. The number of thioether (sulfide) groups is 1. The molecular weight excluding hydrogens is 288 g/mol. The summed E-state index contributed by atoms with van der Waals surface area (Å²) in [6.45, 7) is 6.04. The number of likely N-dealkylation sites (tertiary alicyclic amines) is 1. The van der Waals surface area contributed by atoms with Gasteiger partial charge >= 0.3 is 0 Å². The molecule has 1 aliphatic heterocycles.